The number of hydrogen-bond donors (Lipinski definition) is 1. The molecule has 0 fully saturated rings. The Kier molecular flexibility index (Phi) is 2.29. The van der Waals surface area contributed by atoms with Crippen molar-refractivity contribution >= 4 is 27.6 Å². The number of nitrogens with zero attached hydrogens (tertiary/aromatic N) is 5. The Hall–Kier alpha value is -1.63. The Morgan fingerprint density at radius 3 is 3.06 bits per heavy atom. The van der Waals surface area contributed by atoms with Gasteiger partial charge >= 0.3 is 0 Å². The predicted molar refractivity (Wildman–Crippen MR) is 68.7 cm³/mol. The number of aliphatic imine (C=N–C) groups is 2. The lowest BCUT2D eigenvalue weighted by Gasteiger charge is -2.28. The second-order valence-corrected chi connectivity index (χ2v) is 4.78. The van der Waals surface area contributed by atoms with E-state index in [2.05, 4.69) is 31.0 Å². The van der Waals surface area contributed by atoms with Gasteiger partial charge in [-0.15, -0.1) is 0 Å². The minimum Gasteiger partial charge on any atom is -0.381 e. The SMILES string of the molecule is Cn1cc(C2CN=C3C(N)=NC=C(Br)N32)cn1. The van der Waals surface area contributed by atoms with Gasteiger partial charge in [0.25, 0.3) is 0 Å². The molecule has 6 nitrogen and oxygen atoms in total. The molecule has 3 heterocycles. The highest BCUT2D eigenvalue weighted by Crippen LogP contribution is 2.33. The van der Waals surface area contributed by atoms with Crippen LogP contribution in [0.1, 0.15) is 11.6 Å². The van der Waals surface area contributed by atoms with Crippen molar-refractivity contribution in [3.8, 4) is 0 Å². The van der Waals surface area contributed by atoms with E-state index in [4.69, 9.17) is 5.73 Å². The summed E-state index contributed by atoms with van der Waals surface area (Å²) in [7, 11) is 1.90. The van der Waals surface area contributed by atoms with Crippen LogP contribution >= 0.6 is 15.9 Å². The van der Waals surface area contributed by atoms with Crippen LogP contribution in [0, 0.1) is 0 Å². The van der Waals surface area contributed by atoms with Gasteiger partial charge in [-0.2, -0.15) is 5.10 Å². The van der Waals surface area contributed by atoms with E-state index < -0.39 is 0 Å². The van der Waals surface area contributed by atoms with Crippen molar-refractivity contribution in [2.24, 2.45) is 22.8 Å². The van der Waals surface area contributed by atoms with E-state index in [-0.39, 0.29) is 6.04 Å². The topological polar surface area (TPSA) is 71.8 Å². The third-order valence-electron chi connectivity index (χ3n) is 2.83. The summed E-state index contributed by atoms with van der Waals surface area (Å²) in [5, 5.41) is 4.19. The van der Waals surface area contributed by atoms with E-state index in [1.165, 1.54) is 0 Å². The normalized spacial score (nSPS) is 23.1. The number of halogens is 1. The zero-order chi connectivity index (χ0) is 12.0. The summed E-state index contributed by atoms with van der Waals surface area (Å²) < 4.78 is 2.66. The molecule has 2 N–H and O–H groups in total. The average molecular weight is 295 g/mol. The maximum absolute atomic E-state index is 5.82. The number of hydrogen-bond acceptors (Lipinski definition) is 5. The molecule has 1 unspecified atom stereocenters. The van der Waals surface area contributed by atoms with Crippen molar-refractivity contribution in [1.29, 1.82) is 0 Å². The molecule has 0 aromatic carbocycles. The molecule has 0 amide bonds. The molecule has 1 aromatic rings. The van der Waals surface area contributed by atoms with Crippen molar-refractivity contribution < 1.29 is 0 Å². The van der Waals surface area contributed by atoms with Crippen molar-refractivity contribution in [3.63, 3.8) is 0 Å². The summed E-state index contributed by atoms with van der Waals surface area (Å²) in [5.41, 5.74) is 6.94. The number of amidine groups is 2. The van der Waals surface area contributed by atoms with Gasteiger partial charge in [-0.3, -0.25) is 9.67 Å². The van der Waals surface area contributed by atoms with Crippen LogP contribution in [0.4, 0.5) is 0 Å². The number of aryl methyl sites for hydroxylation is 1. The van der Waals surface area contributed by atoms with Gasteiger partial charge < -0.3 is 10.6 Å². The van der Waals surface area contributed by atoms with Crippen molar-refractivity contribution in [2.45, 2.75) is 6.04 Å². The van der Waals surface area contributed by atoms with Crippen molar-refractivity contribution in [1.82, 2.24) is 14.7 Å². The van der Waals surface area contributed by atoms with Crippen LogP contribution in [0.3, 0.4) is 0 Å². The highest BCUT2D eigenvalue weighted by Gasteiger charge is 2.35. The molecule has 88 valence electrons. The maximum Gasteiger partial charge on any atom is 0.172 e. The van der Waals surface area contributed by atoms with Crippen molar-refractivity contribution in [3.05, 3.63) is 28.8 Å². The summed E-state index contributed by atoms with van der Waals surface area (Å²) in [6, 6.07) is 0.137. The molecule has 0 spiro atoms. The summed E-state index contributed by atoms with van der Waals surface area (Å²) in [6.45, 7) is 0.667. The van der Waals surface area contributed by atoms with E-state index >= 15 is 0 Å². The molecule has 0 saturated heterocycles. The van der Waals surface area contributed by atoms with Crippen LogP contribution in [0.2, 0.25) is 0 Å². The summed E-state index contributed by atoms with van der Waals surface area (Å²) >= 11 is 3.48. The Bertz CT molecular complexity index is 555. The van der Waals surface area contributed by atoms with E-state index in [0.29, 0.717) is 12.4 Å². The quantitative estimate of drug-likeness (QED) is 0.777. The fraction of sp³-hybridized carbons (Fsp3) is 0.300. The van der Waals surface area contributed by atoms with Crippen molar-refractivity contribution in [2.75, 3.05) is 6.54 Å². The standard InChI is InChI=1S/C10H11BrN6/c1-16-5-6(2-15-16)7-3-14-10-9(12)13-4-8(11)17(7)10/h2,4-5,7H,3H2,1H3,(H2,12,13). The largest absolute Gasteiger partial charge is 0.381 e. The van der Waals surface area contributed by atoms with E-state index in [1.54, 1.807) is 10.9 Å². The third kappa shape index (κ3) is 1.57. The van der Waals surface area contributed by atoms with E-state index in [9.17, 15) is 0 Å². The Balaban J connectivity index is 1.98. The van der Waals surface area contributed by atoms with Gasteiger partial charge in [0.1, 0.15) is 4.61 Å². The number of nitrogens with two attached hydrogens (primary N) is 1. The molecule has 1 aromatic heterocycles. The number of aromatic nitrogens is 2. The van der Waals surface area contributed by atoms with Crippen LogP contribution in [-0.4, -0.2) is 32.9 Å². The summed E-state index contributed by atoms with van der Waals surface area (Å²) in [6.07, 6.45) is 5.54. The highest BCUT2D eigenvalue weighted by atomic mass is 79.9. The molecule has 0 radical (unpaired) electrons. The van der Waals surface area contributed by atoms with Crippen LogP contribution < -0.4 is 5.73 Å². The van der Waals surface area contributed by atoms with Gasteiger partial charge in [0.15, 0.2) is 11.7 Å². The predicted octanol–water partition coefficient (Wildman–Crippen LogP) is 0.740. The first-order chi connectivity index (χ1) is 8.16. The van der Waals surface area contributed by atoms with Gasteiger partial charge in [-0.1, -0.05) is 0 Å². The van der Waals surface area contributed by atoms with E-state index in [1.807, 2.05) is 24.3 Å². The van der Waals surface area contributed by atoms with Crippen LogP contribution in [0.5, 0.6) is 0 Å². The van der Waals surface area contributed by atoms with Gasteiger partial charge in [-0.25, -0.2) is 4.99 Å². The number of fused-ring (bicyclic) bond motifs is 1. The van der Waals surface area contributed by atoms with Gasteiger partial charge in [-0.05, 0) is 15.9 Å². The molecule has 1 atom stereocenters. The third-order valence-corrected chi connectivity index (χ3v) is 3.42. The molecular formula is C10H11BrN6. The zero-order valence-corrected chi connectivity index (χ0v) is 10.8. The second kappa shape index (κ2) is 3.69. The van der Waals surface area contributed by atoms with Gasteiger partial charge in [0, 0.05) is 18.8 Å². The Labute approximate surface area is 107 Å². The molecule has 0 aliphatic carbocycles. The van der Waals surface area contributed by atoms with Crippen LogP contribution in [0.15, 0.2) is 33.2 Å². The molecular weight excluding hydrogens is 284 g/mol. The smallest absolute Gasteiger partial charge is 0.172 e. The molecule has 17 heavy (non-hydrogen) atoms. The molecule has 0 saturated carbocycles. The summed E-state index contributed by atoms with van der Waals surface area (Å²) in [4.78, 5) is 10.6. The zero-order valence-electron chi connectivity index (χ0n) is 9.21. The first kappa shape index (κ1) is 10.5. The van der Waals surface area contributed by atoms with Gasteiger partial charge in [0.2, 0.25) is 0 Å². The van der Waals surface area contributed by atoms with Crippen LogP contribution in [0.25, 0.3) is 0 Å². The molecule has 2 aliphatic heterocycles. The van der Waals surface area contributed by atoms with Crippen LogP contribution in [-0.2, 0) is 7.05 Å². The fourth-order valence-corrected chi connectivity index (χ4v) is 2.56. The molecule has 0 bridgehead atoms. The summed E-state index contributed by atoms with van der Waals surface area (Å²) in [5.74, 6) is 1.19. The lowest BCUT2D eigenvalue weighted by atomic mass is 10.1. The average Bonchev–Trinajstić information content (AvgIpc) is 2.89. The fourth-order valence-electron chi connectivity index (χ4n) is 2.04. The molecule has 3 rings (SSSR count). The lowest BCUT2D eigenvalue weighted by Crippen LogP contribution is -2.39. The monoisotopic (exact) mass is 294 g/mol. The first-order valence-corrected chi connectivity index (χ1v) is 5.97. The minimum atomic E-state index is 0.137. The minimum absolute atomic E-state index is 0.137. The Morgan fingerprint density at radius 2 is 2.35 bits per heavy atom. The molecule has 2 aliphatic rings. The first-order valence-electron chi connectivity index (χ1n) is 5.18. The molecule has 7 heteroatoms. The highest BCUT2D eigenvalue weighted by molar-refractivity contribution is 9.11. The van der Waals surface area contributed by atoms with Gasteiger partial charge in [0.05, 0.1) is 25.0 Å². The number of rotatable bonds is 1. The van der Waals surface area contributed by atoms with E-state index in [0.717, 1.165) is 16.0 Å². The maximum atomic E-state index is 5.82. The second-order valence-electron chi connectivity index (χ2n) is 3.96. The lowest BCUT2D eigenvalue weighted by molar-refractivity contribution is 0.451. The Morgan fingerprint density at radius 1 is 1.53 bits per heavy atom.